The number of ether oxygens (including phenoxy) is 2. The molecule has 0 bridgehead atoms. The van der Waals surface area contributed by atoms with Crippen LogP contribution in [0.25, 0.3) is 11.4 Å². The number of carbonyl (C=O) groups is 1. The maximum atomic E-state index is 12.9. The molecule has 1 aromatic carbocycles. The smallest absolute Gasteiger partial charge is 0.425 e. The zero-order chi connectivity index (χ0) is 23.4. The van der Waals surface area contributed by atoms with E-state index in [1.807, 2.05) is 0 Å². The second kappa shape index (κ2) is 9.62. The minimum Gasteiger partial charge on any atom is -0.443 e. The van der Waals surface area contributed by atoms with Gasteiger partial charge in [-0.2, -0.15) is 14.4 Å². The van der Waals surface area contributed by atoms with Crippen LogP contribution in [0.5, 0.6) is 0 Å². The summed E-state index contributed by atoms with van der Waals surface area (Å²) in [6, 6.07) is 7.37. The summed E-state index contributed by atoms with van der Waals surface area (Å²) in [5, 5.41) is 21.4. The van der Waals surface area contributed by atoms with Crippen LogP contribution < -0.4 is 0 Å². The van der Waals surface area contributed by atoms with Gasteiger partial charge in [0.05, 0.1) is 23.6 Å². The number of benzene rings is 1. The summed E-state index contributed by atoms with van der Waals surface area (Å²) < 4.78 is 37.1. The van der Waals surface area contributed by atoms with Gasteiger partial charge in [0, 0.05) is 12.2 Å². The number of amides is 1. The Hall–Kier alpha value is -3.04. The van der Waals surface area contributed by atoms with Crippen molar-refractivity contribution >= 4 is 16.1 Å². The molecular weight excluding hydrogens is 436 g/mol. The van der Waals surface area contributed by atoms with Crippen molar-refractivity contribution in [2.75, 3.05) is 13.2 Å². The largest absolute Gasteiger partial charge is 0.443 e. The van der Waals surface area contributed by atoms with Crippen molar-refractivity contribution in [3.63, 3.8) is 0 Å². The lowest BCUT2D eigenvalue weighted by molar-refractivity contribution is 0.00132. The van der Waals surface area contributed by atoms with Crippen LogP contribution in [0, 0.1) is 11.3 Å². The molecule has 1 fully saturated rings. The van der Waals surface area contributed by atoms with E-state index in [9.17, 15) is 13.2 Å². The van der Waals surface area contributed by atoms with Crippen LogP contribution in [-0.2, 0) is 26.0 Å². The van der Waals surface area contributed by atoms with Crippen molar-refractivity contribution in [1.29, 1.82) is 5.26 Å². The molecule has 11 nitrogen and oxygen atoms in total. The van der Waals surface area contributed by atoms with Gasteiger partial charge in [-0.1, -0.05) is 0 Å². The van der Waals surface area contributed by atoms with Gasteiger partial charge in [-0.05, 0) is 69.5 Å². The van der Waals surface area contributed by atoms with E-state index in [2.05, 4.69) is 15.4 Å². The summed E-state index contributed by atoms with van der Waals surface area (Å²) in [5.41, 5.74) is -0.353. The summed E-state index contributed by atoms with van der Waals surface area (Å²) in [5.74, 6) is 0.339. The molecule has 3 rings (SSSR count). The summed E-state index contributed by atoms with van der Waals surface area (Å²) in [7, 11) is -4.29. The molecule has 2 aromatic rings. The SMILES string of the molecule is CC(C)(C)OC(=O)N(CC#N)S(=O)(=O)c1ccc(-c2nnn(CC3CCCCO3)n2)cc1. The van der Waals surface area contributed by atoms with Crippen LogP contribution in [0.1, 0.15) is 40.0 Å². The number of hydrogen-bond donors (Lipinski definition) is 0. The van der Waals surface area contributed by atoms with Crippen LogP contribution in [0.2, 0.25) is 0 Å². The highest BCUT2D eigenvalue weighted by Gasteiger charge is 2.33. The minimum absolute atomic E-state index is 0.0530. The number of carbonyl (C=O) groups excluding carboxylic acids is 1. The molecule has 0 N–H and O–H groups in total. The van der Waals surface area contributed by atoms with Gasteiger partial charge in [0.1, 0.15) is 12.1 Å². The van der Waals surface area contributed by atoms with Crippen molar-refractivity contribution in [2.24, 2.45) is 0 Å². The zero-order valence-electron chi connectivity index (χ0n) is 18.3. The van der Waals surface area contributed by atoms with E-state index < -0.39 is 28.3 Å². The van der Waals surface area contributed by atoms with Gasteiger partial charge < -0.3 is 9.47 Å². The molecular formula is C20H26N6O5S. The molecule has 1 unspecified atom stereocenters. The molecule has 32 heavy (non-hydrogen) atoms. The third-order valence-corrected chi connectivity index (χ3v) is 6.33. The Morgan fingerprint density at radius 3 is 2.62 bits per heavy atom. The van der Waals surface area contributed by atoms with Gasteiger partial charge in [-0.15, -0.1) is 10.2 Å². The maximum Gasteiger partial charge on any atom is 0.425 e. The van der Waals surface area contributed by atoms with E-state index in [0.717, 1.165) is 25.9 Å². The molecule has 1 aliphatic rings. The van der Waals surface area contributed by atoms with Crippen molar-refractivity contribution < 1.29 is 22.7 Å². The van der Waals surface area contributed by atoms with Crippen LogP contribution >= 0.6 is 0 Å². The van der Waals surface area contributed by atoms with Crippen LogP contribution in [0.4, 0.5) is 4.79 Å². The van der Waals surface area contributed by atoms with Crippen LogP contribution in [0.15, 0.2) is 29.2 Å². The normalized spacial score (nSPS) is 16.9. The molecule has 0 radical (unpaired) electrons. The Bertz CT molecular complexity index is 1080. The number of aromatic nitrogens is 4. The fourth-order valence-corrected chi connectivity index (χ4v) is 4.29. The predicted octanol–water partition coefficient (Wildman–Crippen LogP) is 2.36. The second-order valence-corrected chi connectivity index (χ2v) is 10.2. The van der Waals surface area contributed by atoms with Gasteiger partial charge in [0.25, 0.3) is 10.0 Å². The summed E-state index contributed by atoms with van der Waals surface area (Å²) in [6.45, 7) is 5.39. The maximum absolute atomic E-state index is 12.9. The number of tetrazole rings is 1. The Morgan fingerprint density at radius 1 is 1.31 bits per heavy atom. The van der Waals surface area contributed by atoms with Gasteiger partial charge in [0.2, 0.25) is 5.82 Å². The molecule has 1 saturated heterocycles. The monoisotopic (exact) mass is 462 g/mol. The lowest BCUT2D eigenvalue weighted by Gasteiger charge is -2.25. The molecule has 2 heterocycles. The Balaban J connectivity index is 1.76. The quantitative estimate of drug-likeness (QED) is 0.591. The highest BCUT2D eigenvalue weighted by atomic mass is 32.2. The second-order valence-electron chi connectivity index (χ2n) is 8.33. The molecule has 1 atom stereocenters. The first-order chi connectivity index (χ1) is 15.1. The summed E-state index contributed by atoms with van der Waals surface area (Å²) in [4.78, 5) is 13.7. The first-order valence-corrected chi connectivity index (χ1v) is 11.7. The average Bonchev–Trinajstić information content (AvgIpc) is 3.20. The van der Waals surface area contributed by atoms with Gasteiger partial charge in [-0.25, -0.2) is 13.2 Å². The number of nitrogens with zero attached hydrogens (tertiary/aromatic N) is 6. The van der Waals surface area contributed by atoms with E-state index in [1.54, 1.807) is 26.8 Å². The summed E-state index contributed by atoms with van der Waals surface area (Å²) >= 11 is 0. The number of sulfonamides is 1. The van der Waals surface area contributed by atoms with E-state index in [-0.39, 0.29) is 11.0 Å². The van der Waals surface area contributed by atoms with Gasteiger partial charge in [-0.3, -0.25) is 0 Å². The minimum atomic E-state index is -4.29. The molecule has 0 saturated carbocycles. The number of nitriles is 1. The van der Waals surface area contributed by atoms with E-state index >= 15 is 0 Å². The highest BCUT2D eigenvalue weighted by Crippen LogP contribution is 2.22. The third kappa shape index (κ3) is 5.80. The van der Waals surface area contributed by atoms with Gasteiger partial charge in [0.15, 0.2) is 0 Å². The average molecular weight is 463 g/mol. The predicted molar refractivity (Wildman–Crippen MR) is 113 cm³/mol. The van der Waals surface area contributed by atoms with Crippen LogP contribution in [-0.4, -0.2) is 63.9 Å². The molecule has 1 amide bonds. The van der Waals surface area contributed by atoms with Crippen LogP contribution in [0.3, 0.4) is 0 Å². The standard InChI is InChI=1S/C20H26N6O5S/c1-20(2,3)31-19(27)25(12-11-21)32(28,29)17-9-7-15(8-10-17)18-22-24-26(23-18)14-16-6-4-5-13-30-16/h7-10,16H,4-6,12-14H2,1-3H3. The fourth-order valence-electron chi connectivity index (χ4n) is 3.10. The zero-order valence-corrected chi connectivity index (χ0v) is 19.1. The Labute approximate surface area is 187 Å². The Morgan fingerprint density at radius 2 is 2.03 bits per heavy atom. The molecule has 1 aromatic heterocycles. The number of hydrogen-bond acceptors (Lipinski definition) is 9. The molecule has 172 valence electrons. The van der Waals surface area contributed by atoms with Crippen molar-refractivity contribution in [2.45, 2.75) is 63.2 Å². The third-order valence-electron chi connectivity index (χ3n) is 4.61. The molecule has 0 spiro atoms. The lowest BCUT2D eigenvalue weighted by atomic mass is 10.1. The molecule has 0 aliphatic carbocycles. The topological polar surface area (TPSA) is 140 Å². The number of rotatable bonds is 6. The van der Waals surface area contributed by atoms with Crippen molar-refractivity contribution in [3.8, 4) is 17.5 Å². The first-order valence-electron chi connectivity index (χ1n) is 10.2. The van der Waals surface area contributed by atoms with Crippen molar-refractivity contribution in [1.82, 2.24) is 24.5 Å². The Kier molecular flexibility index (Phi) is 7.10. The summed E-state index contributed by atoms with van der Waals surface area (Å²) in [6.07, 6.45) is 2.05. The van der Waals surface area contributed by atoms with E-state index in [1.165, 1.54) is 29.1 Å². The first kappa shape index (κ1) is 23.6. The van der Waals surface area contributed by atoms with Crippen molar-refractivity contribution in [3.05, 3.63) is 24.3 Å². The highest BCUT2D eigenvalue weighted by molar-refractivity contribution is 7.89. The molecule has 12 heteroatoms. The van der Waals surface area contributed by atoms with E-state index in [0.29, 0.717) is 22.2 Å². The lowest BCUT2D eigenvalue weighted by Crippen LogP contribution is -2.41. The van der Waals surface area contributed by atoms with Gasteiger partial charge >= 0.3 is 6.09 Å². The van der Waals surface area contributed by atoms with E-state index in [4.69, 9.17) is 14.7 Å². The molecule has 1 aliphatic heterocycles. The fraction of sp³-hybridized carbons (Fsp3) is 0.550.